The minimum atomic E-state index is -0.790. The van der Waals surface area contributed by atoms with Gasteiger partial charge < -0.3 is 20.2 Å². The quantitative estimate of drug-likeness (QED) is 0.752. The fourth-order valence-corrected chi connectivity index (χ4v) is 2.57. The normalized spacial score (nSPS) is 20.9. The summed E-state index contributed by atoms with van der Waals surface area (Å²) < 4.78 is 0. The number of carboxylic acid groups (broad SMARTS) is 1. The van der Waals surface area contributed by atoms with Crippen LogP contribution in [0.15, 0.2) is 0 Å². The van der Waals surface area contributed by atoms with E-state index in [0.717, 1.165) is 12.8 Å². The molecule has 7 nitrogen and oxygen atoms in total. The summed E-state index contributed by atoms with van der Waals surface area (Å²) >= 11 is 0. The van der Waals surface area contributed by atoms with Crippen LogP contribution in [0.3, 0.4) is 0 Å². The van der Waals surface area contributed by atoms with Crippen molar-refractivity contribution >= 4 is 17.9 Å². The van der Waals surface area contributed by atoms with Gasteiger partial charge in [-0.2, -0.15) is 0 Å². The summed E-state index contributed by atoms with van der Waals surface area (Å²) in [5.41, 5.74) is 0. The zero-order valence-corrected chi connectivity index (χ0v) is 13.0. The number of urea groups is 1. The largest absolute Gasteiger partial charge is 0.481 e. The van der Waals surface area contributed by atoms with Crippen LogP contribution in [-0.2, 0) is 9.59 Å². The van der Waals surface area contributed by atoms with Gasteiger partial charge in [0, 0.05) is 27.2 Å². The first kappa shape index (κ1) is 17.3. The third-order valence-corrected chi connectivity index (χ3v) is 3.99. The van der Waals surface area contributed by atoms with Crippen molar-refractivity contribution in [1.29, 1.82) is 0 Å². The predicted octanol–water partition coefficient (Wildman–Crippen LogP) is 0.607. The molecule has 1 aliphatic rings. The van der Waals surface area contributed by atoms with Crippen LogP contribution in [0, 0.1) is 11.8 Å². The number of amides is 3. The highest BCUT2D eigenvalue weighted by molar-refractivity contribution is 5.83. The van der Waals surface area contributed by atoms with Gasteiger partial charge >= 0.3 is 12.0 Å². The molecule has 0 aromatic carbocycles. The van der Waals surface area contributed by atoms with Gasteiger partial charge in [-0.3, -0.25) is 9.59 Å². The maximum Gasteiger partial charge on any atom is 0.317 e. The molecule has 0 aromatic rings. The van der Waals surface area contributed by atoms with E-state index in [2.05, 4.69) is 5.32 Å². The Hall–Kier alpha value is -1.79. The Morgan fingerprint density at radius 3 is 2.43 bits per heavy atom. The second kappa shape index (κ2) is 7.85. The second-order valence-electron chi connectivity index (χ2n) is 5.62. The minimum Gasteiger partial charge on any atom is -0.481 e. The molecule has 0 radical (unpaired) electrons. The van der Waals surface area contributed by atoms with Crippen LogP contribution in [-0.4, -0.2) is 66.5 Å². The van der Waals surface area contributed by atoms with E-state index >= 15 is 0 Å². The van der Waals surface area contributed by atoms with Crippen LogP contribution >= 0.6 is 0 Å². The summed E-state index contributed by atoms with van der Waals surface area (Å²) in [6.45, 7) is 2.61. The van der Waals surface area contributed by atoms with Crippen molar-refractivity contribution in [3.63, 3.8) is 0 Å². The Morgan fingerprint density at radius 2 is 1.90 bits per heavy atom. The first-order valence-electron chi connectivity index (χ1n) is 7.32. The minimum absolute atomic E-state index is 0.0188. The van der Waals surface area contributed by atoms with E-state index in [-0.39, 0.29) is 30.3 Å². The predicted molar refractivity (Wildman–Crippen MR) is 77.8 cm³/mol. The molecule has 0 aromatic heterocycles. The Balaban J connectivity index is 2.47. The van der Waals surface area contributed by atoms with Gasteiger partial charge in [0.05, 0.1) is 5.92 Å². The molecule has 120 valence electrons. The number of nitrogens with one attached hydrogen (secondary N) is 1. The molecule has 2 atom stereocenters. The maximum atomic E-state index is 12.1. The summed E-state index contributed by atoms with van der Waals surface area (Å²) in [6.07, 6.45) is 2.38. The molecule has 0 spiro atoms. The van der Waals surface area contributed by atoms with Gasteiger partial charge in [-0.05, 0) is 25.7 Å². The van der Waals surface area contributed by atoms with Crippen LogP contribution in [0.2, 0.25) is 0 Å². The zero-order valence-electron chi connectivity index (χ0n) is 13.0. The Labute approximate surface area is 125 Å². The van der Waals surface area contributed by atoms with E-state index in [4.69, 9.17) is 5.11 Å². The lowest BCUT2D eigenvalue weighted by atomic mass is 9.96. The Bertz CT molecular complexity index is 398. The number of carbonyl (C=O) groups excluding carboxylic acids is 2. The van der Waals surface area contributed by atoms with Crippen molar-refractivity contribution in [2.45, 2.75) is 26.2 Å². The number of carboxylic acids is 1. The number of aliphatic carboxylic acids is 1. The van der Waals surface area contributed by atoms with Crippen LogP contribution in [0.25, 0.3) is 0 Å². The molecule has 1 rings (SSSR count). The molecule has 1 fully saturated rings. The highest BCUT2D eigenvalue weighted by Crippen LogP contribution is 2.31. The summed E-state index contributed by atoms with van der Waals surface area (Å²) in [5.74, 6) is -1.32. The average molecular weight is 299 g/mol. The Morgan fingerprint density at radius 1 is 1.24 bits per heavy atom. The van der Waals surface area contributed by atoms with Crippen LogP contribution in [0.4, 0.5) is 4.79 Å². The highest BCUT2D eigenvalue weighted by atomic mass is 16.4. The lowest BCUT2D eigenvalue weighted by Crippen LogP contribution is -2.46. The molecule has 0 heterocycles. The molecule has 3 amide bonds. The number of rotatable bonds is 6. The molecular weight excluding hydrogens is 274 g/mol. The molecule has 0 bridgehead atoms. The molecule has 21 heavy (non-hydrogen) atoms. The lowest BCUT2D eigenvalue weighted by Gasteiger charge is -2.24. The van der Waals surface area contributed by atoms with Gasteiger partial charge in [0.2, 0.25) is 5.91 Å². The molecule has 0 aliphatic heterocycles. The van der Waals surface area contributed by atoms with Crippen molar-refractivity contribution < 1.29 is 19.5 Å². The highest BCUT2D eigenvalue weighted by Gasteiger charge is 2.33. The van der Waals surface area contributed by atoms with Gasteiger partial charge in [0.1, 0.15) is 6.54 Å². The van der Waals surface area contributed by atoms with E-state index in [9.17, 15) is 14.4 Å². The summed E-state index contributed by atoms with van der Waals surface area (Å²) in [4.78, 5) is 37.7. The van der Waals surface area contributed by atoms with Gasteiger partial charge in [0.15, 0.2) is 0 Å². The number of nitrogens with zero attached hydrogens (tertiary/aromatic N) is 2. The van der Waals surface area contributed by atoms with E-state index in [0.29, 0.717) is 19.5 Å². The van der Waals surface area contributed by atoms with E-state index in [1.807, 2.05) is 0 Å². The van der Waals surface area contributed by atoms with Crippen LogP contribution < -0.4 is 5.32 Å². The fraction of sp³-hybridized carbons (Fsp3) is 0.786. The van der Waals surface area contributed by atoms with Crippen molar-refractivity contribution in [2.24, 2.45) is 11.8 Å². The van der Waals surface area contributed by atoms with Gasteiger partial charge in [-0.1, -0.05) is 6.42 Å². The second-order valence-corrected chi connectivity index (χ2v) is 5.62. The van der Waals surface area contributed by atoms with Crippen LogP contribution in [0.5, 0.6) is 0 Å². The molecule has 2 unspecified atom stereocenters. The van der Waals surface area contributed by atoms with Crippen molar-refractivity contribution in [2.75, 3.05) is 33.7 Å². The summed E-state index contributed by atoms with van der Waals surface area (Å²) in [7, 11) is 3.29. The topological polar surface area (TPSA) is 90.0 Å². The SMILES string of the molecule is CCN(CC(=O)N(C)C)C(=O)NCC1CCCC1C(=O)O. The van der Waals surface area contributed by atoms with E-state index in [1.165, 1.54) is 9.80 Å². The van der Waals surface area contributed by atoms with Gasteiger partial charge in [-0.15, -0.1) is 0 Å². The number of hydrogen-bond donors (Lipinski definition) is 2. The maximum absolute atomic E-state index is 12.1. The summed E-state index contributed by atoms with van der Waals surface area (Å²) in [6, 6.07) is -0.316. The smallest absolute Gasteiger partial charge is 0.317 e. The number of carbonyl (C=O) groups is 3. The monoisotopic (exact) mass is 299 g/mol. The Kier molecular flexibility index (Phi) is 6.45. The van der Waals surface area contributed by atoms with Crippen LogP contribution in [0.1, 0.15) is 26.2 Å². The fourth-order valence-electron chi connectivity index (χ4n) is 2.57. The number of hydrogen-bond acceptors (Lipinski definition) is 3. The average Bonchev–Trinajstić information content (AvgIpc) is 2.90. The number of likely N-dealkylation sites (N-methyl/N-ethyl adjacent to an activating group) is 2. The molecule has 0 saturated heterocycles. The lowest BCUT2D eigenvalue weighted by molar-refractivity contribution is -0.142. The van der Waals surface area contributed by atoms with Gasteiger partial charge in [-0.25, -0.2) is 4.79 Å². The molecule has 2 N–H and O–H groups in total. The molecule has 7 heteroatoms. The zero-order chi connectivity index (χ0) is 16.0. The summed E-state index contributed by atoms with van der Waals surface area (Å²) in [5, 5.41) is 11.9. The van der Waals surface area contributed by atoms with Crippen molar-refractivity contribution in [3.05, 3.63) is 0 Å². The van der Waals surface area contributed by atoms with E-state index < -0.39 is 5.97 Å². The molecule has 1 saturated carbocycles. The third kappa shape index (κ3) is 4.91. The van der Waals surface area contributed by atoms with Crippen molar-refractivity contribution in [1.82, 2.24) is 15.1 Å². The standard InChI is InChI=1S/C14H25N3O4/c1-4-17(9-12(18)16(2)3)14(21)15-8-10-6-5-7-11(10)13(19)20/h10-11H,4-9H2,1-3H3,(H,15,21)(H,19,20). The molecule has 1 aliphatic carbocycles. The van der Waals surface area contributed by atoms with E-state index in [1.54, 1.807) is 21.0 Å². The van der Waals surface area contributed by atoms with Gasteiger partial charge in [0.25, 0.3) is 0 Å². The molecular formula is C14H25N3O4. The van der Waals surface area contributed by atoms with Crippen molar-refractivity contribution in [3.8, 4) is 0 Å². The first-order valence-corrected chi connectivity index (χ1v) is 7.32. The third-order valence-electron chi connectivity index (χ3n) is 3.99. The first-order chi connectivity index (χ1) is 9.86.